The van der Waals surface area contributed by atoms with Crippen molar-refractivity contribution in [3.63, 3.8) is 0 Å². The number of anilines is 1. The molecule has 26 heavy (non-hydrogen) atoms. The van der Waals surface area contributed by atoms with E-state index in [-0.39, 0.29) is 0 Å². The molecule has 0 fully saturated rings. The zero-order valence-electron chi connectivity index (χ0n) is 14.4. The van der Waals surface area contributed by atoms with Gasteiger partial charge in [0.25, 0.3) is 0 Å². The molecule has 0 aliphatic heterocycles. The van der Waals surface area contributed by atoms with E-state index < -0.39 is 0 Å². The summed E-state index contributed by atoms with van der Waals surface area (Å²) in [5.41, 5.74) is 1.97. The number of rotatable bonds is 7. The summed E-state index contributed by atoms with van der Waals surface area (Å²) >= 11 is 0. The summed E-state index contributed by atoms with van der Waals surface area (Å²) in [6.07, 6.45) is 5.59. The van der Waals surface area contributed by atoms with Crippen molar-refractivity contribution >= 4 is 16.7 Å². The predicted molar refractivity (Wildman–Crippen MR) is 103 cm³/mol. The van der Waals surface area contributed by atoms with Gasteiger partial charge in [0.2, 0.25) is 0 Å². The van der Waals surface area contributed by atoms with Crippen molar-refractivity contribution in [2.75, 3.05) is 11.9 Å². The SMILES string of the molecule is c1ccc(-c2nc(NCCCCn3cnnc3)c3ccccc3n2)cc1. The van der Waals surface area contributed by atoms with Crippen LogP contribution in [0.25, 0.3) is 22.3 Å². The first-order chi connectivity index (χ1) is 12.9. The Labute approximate surface area is 152 Å². The van der Waals surface area contributed by atoms with Crippen molar-refractivity contribution in [1.82, 2.24) is 24.7 Å². The first-order valence-corrected chi connectivity index (χ1v) is 8.79. The third-order valence-corrected chi connectivity index (χ3v) is 4.24. The van der Waals surface area contributed by atoms with Gasteiger partial charge < -0.3 is 9.88 Å². The Morgan fingerprint density at radius 1 is 0.808 bits per heavy atom. The van der Waals surface area contributed by atoms with Crippen LogP contribution in [0, 0.1) is 0 Å². The second-order valence-electron chi connectivity index (χ2n) is 6.11. The number of para-hydroxylation sites is 1. The number of benzene rings is 2. The Hall–Kier alpha value is -3.28. The lowest BCUT2D eigenvalue weighted by atomic mass is 10.2. The maximum absolute atomic E-state index is 4.77. The Morgan fingerprint density at radius 2 is 1.58 bits per heavy atom. The lowest BCUT2D eigenvalue weighted by molar-refractivity contribution is 0.619. The summed E-state index contributed by atoms with van der Waals surface area (Å²) in [6, 6.07) is 18.2. The second kappa shape index (κ2) is 7.74. The molecule has 0 amide bonds. The maximum atomic E-state index is 4.77. The van der Waals surface area contributed by atoms with Crippen LogP contribution in [0.2, 0.25) is 0 Å². The molecule has 2 aromatic heterocycles. The van der Waals surface area contributed by atoms with Gasteiger partial charge in [-0.05, 0) is 25.0 Å². The molecule has 6 nitrogen and oxygen atoms in total. The standard InChI is InChI=1S/C20H20N6/c1-2-8-16(9-3-1)19-24-18-11-5-4-10-17(18)20(25-19)21-12-6-7-13-26-14-22-23-15-26/h1-5,8-11,14-15H,6-7,12-13H2,(H,21,24,25). The summed E-state index contributed by atoms with van der Waals surface area (Å²) in [7, 11) is 0. The molecule has 0 radical (unpaired) electrons. The van der Waals surface area contributed by atoms with Crippen LogP contribution < -0.4 is 5.32 Å². The van der Waals surface area contributed by atoms with E-state index in [1.807, 2.05) is 53.1 Å². The van der Waals surface area contributed by atoms with E-state index in [4.69, 9.17) is 9.97 Å². The number of nitrogens with zero attached hydrogens (tertiary/aromatic N) is 5. The molecule has 0 atom stereocenters. The fraction of sp³-hybridized carbons (Fsp3) is 0.200. The fourth-order valence-corrected chi connectivity index (χ4v) is 2.89. The van der Waals surface area contributed by atoms with Gasteiger partial charge in [-0.25, -0.2) is 9.97 Å². The number of nitrogens with one attached hydrogen (secondary N) is 1. The molecule has 0 bridgehead atoms. The van der Waals surface area contributed by atoms with E-state index in [9.17, 15) is 0 Å². The summed E-state index contributed by atoms with van der Waals surface area (Å²) < 4.78 is 1.99. The largest absolute Gasteiger partial charge is 0.369 e. The van der Waals surface area contributed by atoms with E-state index in [0.717, 1.165) is 54.0 Å². The molecular formula is C20H20N6. The summed E-state index contributed by atoms with van der Waals surface area (Å²) in [5.74, 6) is 1.63. The molecule has 0 aliphatic rings. The van der Waals surface area contributed by atoms with E-state index in [2.05, 4.69) is 21.6 Å². The van der Waals surface area contributed by atoms with Gasteiger partial charge in [-0.3, -0.25) is 0 Å². The molecule has 2 heterocycles. The highest BCUT2D eigenvalue weighted by atomic mass is 15.2. The van der Waals surface area contributed by atoms with Gasteiger partial charge in [-0.15, -0.1) is 10.2 Å². The lowest BCUT2D eigenvalue weighted by Gasteiger charge is -2.11. The number of aromatic nitrogens is 5. The maximum Gasteiger partial charge on any atom is 0.162 e. The molecule has 2 aromatic carbocycles. The average molecular weight is 344 g/mol. The minimum atomic E-state index is 0.747. The van der Waals surface area contributed by atoms with Crippen molar-refractivity contribution in [3.05, 3.63) is 67.3 Å². The van der Waals surface area contributed by atoms with Crippen molar-refractivity contribution in [1.29, 1.82) is 0 Å². The molecule has 0 spiro atoms. The van der Waals surface area contributed by atoms with Crippen LogP contribution in [0.15, 0.2) is 67.3 Å². The van der Waals surface area contributed by atoms with Crippen LogP contribution in [0.3, 0.4) is 0 Å². The van der Waals surface area contributed by atoms with E-state index in [1.54, 1.807) is 12.7 Å². The third-order valence-electron chi connectivity index (χ3n) is 4.24. The molecule has 0 unspecified atom stereocenters. The number of fused-ring (bicyclic) bond motifs is 1. The smallest absolute Gasteiger partial charge is 0.162 e. The Balaban J connectivity index is 1.49. The Bertz CT molecular complexity index is 966. The molecule has 0 saturated carbocycles. The van der Waals surface area contributed by atoms with Gasteiger partial charge in [0.1, 0.15) is 18.5 Å². The first kappa shape index (κ1) is 16.2. The minimum Gasteiger partial charge on any atom is -0.369 e. The quantitative estimate of drug-likeness (QED) is 0.517. The van der Waals surface area contributed by atoms with Crippen LogP contribution in [0.5, 0.6) is 0 Å². The van der Waals surface area contributed by atoms with Crippen molar-refractivity contribution < 1.29 is 0 Å². The highest BCUT2D eigenvalue weighted by Gasteiger charge is 2.08. The lowest BCUT2D eigenvalue weighted by Crippen LogP contribution is -2.07. The monoisotopic (exact) mass is 344 g/mol. The predicted octanol–water partition coefficient (Wildman–Crippen LogP) is 3.78. The van der Waals surface area contributed by atoms with Crippen LogP contribution in [0.1, 0.15) is 12.8 Å². The van der Waals surface area contributed by atoms with Gasteiger partial charge in [0, 0.05) is 24.0 Å². The number of aryl methyl sites for hydroxylation is 1. The summed E-state index contributed by atoms with van der Waals surface area (Å²) in [5, 5.41) is 12.2. The molecular weight excluding hydrogens is 324 g/mol. The number of unbranched alkanes of at least 4 members (excludes halogenated alkanes) is 1. The molecule has 0 saturated heterocycles. The van der Waals surface area contributed by atoms with E-state index in [1.165, 1.54) is 0 Å². The highest BCUT2D eigenvalue weighted by Crippen LogP contribution is 2.24. The zero-order valence-corrected chi connectivity index (χ0v) is 14.4. The van der Waals surface area contributed by atoms with Gasteiger partial charge in [-0.1, -0.05) is 42.5 Å². The summed E-state index contributed by atoms with van der Waals surface area (Å²) in [6.45, 7) is 1.78. The first-order valence-electron chi connectivity index (χ1n) is 8.79. The zero-order chi connectivity index (χ0) is 17.6. The molecule has 6 heteroatoms. The normalized spacial score (nSPS) is 10.9. The molecule has 130 valence electrons. The van der Waals surface area contributed by atoms with Gasteiger partial charge >= 0.3 is 0 Å². The molecule has 1 N–H and O–H groups in total. The summed E-state index contributed by atoms with van der Waals surface area (Å²) in [4.78, 5) is 9.49. The van der Waals surface area contributed by atoms with Crippen LogP contribution >= 0.6 is 0 Å². The number of hydrogen-bond donors (Lipinski definition) is 1. The molecule has 4 rings (SSSR count). The van der Waals surface area contributed by atoms with Gasteiger partial charge in [0.05, 0.1) is 5.52 Å². The second-order valence-corrected chi connectivity index (χ2v) is 6.11. The van der Waals surface area contributed by atoms with Gasteiger partial charge in [0.15, 0.2) is 5.82 Å². The Kier molecular flexibility index (Phi) is 4.82. The highest BCUT2D eigenvalue weighted by molar-refractivity contribution is 5.90. The topological polar surface area (TPSA) is 68.5 Å². The average Bonchev–Trinajstić information content (AvgIpc) is 3.21. The Morgan fingerprint density at radius 3 is 2.42 bits per heavy atom. The van der Waals surface area contributed by atoms with Crippen LogP contribution in [-0.4, -0.2) is 31.3 Å². The minimum absolute atomic E-state index is 0.747. The van der Waals surface area contributed by atoms with Crippen molar-refractivity contribution in [3.8, 4) is 11.4 Å². The van der Waals surface area contributed by atoms with Gasteiger partial charge in [-0.2, -0.15) is 0 Å². The van der Waals surface area contributed by atoms with E-state index in [0.29, 0.717) is 0 Å². The fourth-order valence-electron chi connectivity index (χ4n) is 2.89. The van der Waals surface area contributed by atoms with Crippen molar-refractivity contribution in [2.24, 2.45) is 0 Å². The van der Waals surface area contributed by atoms with Crippen molar-refractivity contribution in [2.45, 2.75) is 19.4 Å². The third kappa shape index (κ3) is 3.69. The molecule has 0 aliphatic carbocycles. The van der Waals surface area contributed by atoms with E-state index >= 15 is 0 Å². The molecule has 4 aromatic rings. The number of hydrogen-bond acceptors (Lipinski definition) is 5. The van der Waals surface area contributed by atoms with Crippen LogP contribution in [0.4, 0.5) is 5.82 Å². The van der Waals surface area contributed by atoms with Crippen LogP contribution in [-0.2, 0) is 6.54 Å².